The van der Waals surface area contributed by atoms with Crippen LogP contribution in [0.15, 0.2) is 29.2 Å². The van der Waals surface area contributed by atoms with E-state index in [-0.39, 0.29) is 12.4 Å². The number of aromatic amines is 1. The second kappa shape index (κ2) is 4.74. The topological polar surface area (TPSA) is 76.2 Å². The fourth-order valence-electron chi connectivity index (χ4n) is 1.93. The zero-order valence-corrected chi connectivity index (χ0v) is 10.4. The normalized spacial score (nSPS) is 12.7. The van der Waals surface area contributed by atoms with Crippen LogP contribution in [0.2, 0.25) is 0 Å². The van der Waals surface area contributed by atoms with E-state index >= 15 is 0 Å². The molecule has 0 radical (unpaired) electrons. The van der Waals surface area contributed by atoms with Crippen LogP contribution < -0.4 is 20.3 Å². The summed E-state index contributed by atoms with van der Waals surface area (Å²) in [5.74, 6) is 1.89. The Morgan fingerprint density at radius 3 is 3.00 bits per heavy atom. The predicted molar refractivity (Wildman–Crippen MR) is 69.2 cm³/mol. The molecule has 0 saturated heterocycles. The van der Waals surface area contributed by atoms with Crippen molar-refractivity contribution in [3.8, 4) is 22.9 Å². The highest BCUT2D eigenvalue weighted by Crippen LogP contribution is 2.34. The van der Waals surface area contributed by atoms with E-state index in [9.17, 15) is 4.79 Å². The molecule has 2 N–H and O–H groups in total. The molecule has 98 valence electrons. The van der Waals surface area contributed by atoms with E-state index in [1.807, 2.05) is 6.07 Å². The van der Waals surface area contributed by atoms with E-state index in [2.05, 4.69) is 15.3 Å². The summed E-state index contributed by atoms with van der Waals surface area (Å²) in [6.45, 7) is 0.716. The monoisotopic (exact) mass is 259 g/mol. The van der Waals surface area contributed by atoms with Crippen LogP contribution >= 0.6 is 0 Å². The summed E-state index contributed by atoms with van der Waals surface area (Å²) in [4.78, 5) is 18.9. The number of benzene rings is 1. The van der Waals surface area contributed by atoms with Gasteiger partial charge in [0.25, 0.3) is 5.56 Å². The number of aromatic nitrogens is 2. The maximum absolute atomic E-state index is 11.8. The highest BCUT2D eigenvalue weighted by molar-refractivity contribution is 5.61. The largest absolute Gasteiger partial charge is 0.454 e. The summed E-state index contributed by atoms with van der Waals surface area (Å²) in [5.41, 5.74) is 1.25. The lowest BCUT2D eigenvalue weighted by Crippen LogP contribution is -2.19. The minimum Gasteiger partial charge on any atom is -0.454 e. The molecule has 6 nitrogen and oxygen atoms in total. The molecule has 0 fully saturated rings. The smallest absolute Gasteiger partial charge is 0.255 e. The summed E-state index contributed by atoms with van der Waals surface area (Å²) >= 11 is 0. The van der Waals surface area contributed by atoms with Gasteiger partial charge in [0.15, 0.2) is 11.5 Å². The van der Waals surface area contributed by atoms with Crippen molar-refractivity contribution in [1.82, 2.24) is 15.3 Å². The first kappa shape index (κ1) is 11.7. The molecule has 0 saturated carbocycles. The third-order valence-corrected chi connectivity index (χ3v) is 2.89. The quantitative estimate of drug-likeness (QED) is 0.856. The molecule has 6 heteroatoms. The Labute approximate surface area is 109 Å². The van der Waals surface area contributed by atoms with Crippen LogP contribution in [0.4, 0.5) is 0 Å². The zero-order valence-electron chi connectivity index (χ0n) is 10.4. The van der Waals surface area contributed by atoms with Gasteiger partial charge in [-0.05, 0) is 25.2 Å². The first-order valence-corrected chi connectivity index (χ1v) is 5.91. The van der Waals surface area contributed by atoms with E-state index in [1.54, 1.807) is 25.4 Å². The van der Waals surface area contributed by atoms with Crippen molar-refractivity contribution in [2.75, 3.05) is 13.8 Å². The van der Waals surface area contributed by atoms with Gasteiger partial charge in [-0.25, -0.2) is 4.98 Å². The Morgan fingerprint density at radius 1 is 1.37 bits per heavy atom. The van der Waals surface area contributed by atoms with Crippen molar-refractivity contribution in [3.05, 3.63) is 40.3 Å². The summed E-state index contributed by atoms with van der Waals surface area (Å²) in [5, 5.41) is 2.92. The van der Waals surface area contributed by atoms with E-state index in [0.29, 0.717) is 29.4 Å². The number of nitrogens with zero attached hydrogens (tertiary/aromatic N) is 1. The Kier molecular flexibility index (Phi) is 2.92. The van der Waals surface area contributed by atoms with Gasteiger partial charge in [0.1, 0.15) is 5.82 Å². The van der Waals surface area contributed by atoms with Crippen molar-refractivity contribution >= 4 is 0 Å². The average Bonchev–Trinajstić information content (AvgIpc) is 2.88. The lowest BCUT2D eigenvalue weighted by atomic mass is 10.2. The molecule has 0 bridgehead atoms. The first-order valence-electron chi connectivity index (χ1n) is 5.91. The predicted octanol–water partition coefficient (Wildman–Crippen LogP) is 0.885. The summed E-state index contributed by atoms with van der Waals surface area (Å²) in [6.07, 6.45) is 1.58. The summed E-state index contributed by atoms with van der Waals surface area (Å²) < 4.78 is 10.5. The highest BCUT2D eigenvalue weighted by atomic mass is 16.7. The fraction of sp³-hybridized carbons (Fsp3) is 0.231. The van der Waals surface area contributed by atoms with Crippen LogP contribution in [-0.4, -0.2) is 23.8 Å². The van der Waals surface area contributed by atoms with Crippen molar-refractivity contribution in [3.63, 3.8) is 0 Å². The second-order valence-electron chi connectivity index (χ2n) is 4.18. The Balaban J connectivity index is 1.98. The lowest BCUT2D eigenvalue weighted by Gasteiger charge is -2.04. The standard InChI is InChI=1S/C13H13N3O3/c1-14-5-9-6-15-12(16-13(9)17)8-2-3-10-11(4-8)19-7-18-10/h2-4,6,14H,5,7H2,1H3,(H,15,16,17). The second-order valence-corrected chi connectivity index (χ2v) is 4.18. The van der Waals surface area contributed by atoms with E-state index in [4.69, 9.17) is 9.47 Å². The van der Waals surface area contributed by atoms with Gasteiger partial charge in [0.2, 0.25) is 6.79 Å². The minimum absolute atomic E-state index is 0.142. The minimum atomic E-state index is -0.142. The van der Waals surface area contributed by atoms with Gasteiger partial charge in [-0.1, -0.05) is 0 Å². The molecule has 1 aliphatic rings. The van der Waals surface area contributed by atoms with E-state index in [0.717, 1.165) is 5.56 Å². The maximum Gasteiger partial charge on any atom is 0.255 e. The first-order chi connectivity index (χ1) is 9.28. The summed E-state index contributed by atoms with van der Waals surface area (Å²) in [6, 6.07) is 5.45. The molecular formula is C13H13N3O3. The Hall–Kier alpha value is -2.34. The van der Waals surface area contributed by atoms with Gasteiger partial charge in [-0.2, -0.15) is 0 Å². The Morgan fingerprint density at radius 2 is 2.21 bits per heavy atom. The highest BCUT2D eigenvalue weighted by Gasteiger charge is 2.14. The SMILES string of the molecule is CNCc1cnc(-c2ccc3c(c2)OCO3)[nH]c1=O. The average molecular weight is 259 g/mol. The van der Waals surface area contributed by atoms with E-state index < -0.39 is 0 Å². The molecule has 1 aliphatic heterocycles. The molecule has 1 aromatic carbocycles. The Bertz CT molecular complexity index is 666. The number of fused-ring (bicyclic) bond motifs is 1. The van der Waals surface area contributed by atoms with Crippen molar-refractivity contribution in [2.45, 2.75) is 6.54 Å². The van der Waals surface area contributed by atoms with Crippen LogP contribution in [0.3, 0.4) is 0 Å². The van der Waals surface area contributed by atoms with Crippen LogP contribution in [0, 0.1) is 0 Å². The molecular weight excluding hydrogens is 246 g/mol. The fourth-order valence-corrected chi connectivity index (χ4v) is 1.93. The third kappa shape index (κ3) is 2.17. The van der Waals surface area contributed by atoms with Gasteiger partial charge < -0.3 is 19.8 Å². The number of rotatable bonds is 3. The van der Waals surface area contributed by atoms with Gasteiger partial charge in [-0.3, -0.25) is 4.79 Å². The van der Waals surface area contributed by atoms with E-state index in [1.165, 1.54) is 0 Å². The number of hydrogen-bond acceptors (Lipinski definition) is 5. The molecule has 0 unspecified atom stereocenters. The third-order valence-electron chi connectivity index (χ3n) is 2.89. The van der Waals surface area contributed by atoms with Crippen LogP contribution in [0.25, 0.3) is 11.4 Å². The molecule has 0 spiro atoms. The molecule has 0 aliphatic carbocycles. The van der Waals surface area contributed by atoms with Crippen molar-refractivity contribution in [1.29, 1.82) is 0 Å². The molecule has 0 atom stereocenters. The van der Waals surface area contributed by atoms with Crippen molar-refractivity contribution < 1.29 is 9.47 Å². The van der Waals surface area contributed by atoms with Gasteiger partial charge >= 0.3 is 0 Å². The molecule has 1 aromatic heterocycles. The summed E-state index contributed by atoms with van der Waals surface area (Å²) in [7, 11) is 1.78. The molecule has 19 heavy (non-hydrogen) atoms. The molecule has 2 aromatic rings. The maximum atomic E-state index is 11.8. The zero-order chi connectivity index (χ0) is 13.2. The van der Waals surface area contributed by atoms with Gasteiger partial charge in [0, 0.05) is 23.9 Å². The lowest BCUT2D eigenvalue weighted by molar-refractivity contribution is 0.174. The van der Waals surface area contributed by atoms with Gasteiger partial charge in [0.05, 0.1) is 0 Å². The van der Waals surface area contributed by atoms with Crippen LogP contribution in [0.5, 0.6) is 11.5 Å². The molecule has 3 rings (SSSR count). The number of nitrogens with one attached hydrogen (secondary N) is 2. The van der Waals surface area contributed by atoms with Crippen LogP contribution in [-0.2, 0) is 6.54 Å². The molecule has 2 heterocycles. The van der Waals surface area contributed by atoms with Crippen LogP contribution in [0.1, 0.15) is 5.56 Å². The van der Waals surface area contributed by atoms with Gasteiger partial charge in [-0.15, -0.1) is 0 Å². The molecule has 0 amide bonds. The number of H-pyrrole nitrogens is 1. The number of ether oxygens (including phenoxy) is 2. The van der Waals surface area contributed by atoms with Crippen molar-refractivity contribution in [2.24, 2.45) is 0 Å². The number of hydrogen-bond donors (Lipinski definition) is 2.